The van der Waals surface area contributed by atoms with Crippen LogP contribution in [0, 0.1) is 0 Å². The molecule has 5 nitrogen and oxygen atoms in total. The highest BCUT2D eigenvalue weighted by Crippen LogP contribution is 2.47. The molecule has 1 aliphatic rings. The zero-order chi connectivity index (χ0) is 23.1. The van der Waals surface area contributed by atoms with Gasteiger partial charge >= 0.3 is 7.12 Å². The molecule has 2 N–H and O–H groups in total. The fraction of sp³-hybridized carbons (Fsp3) is 0.0357. The lowest BCUT2D eigenvalue weighted by molar-refractivity contribution is 0.426. The second-order valence-corrected chi connectivity index (χ2v) is 8.31. The molecule has 1 unspecified atom stereocenters. The molecule has 0 aliphatic heterocycles. The van der Waals surface area contributed by atoms with Crippen LogP contribution >= 0.6 is 0 Å². The van der Waals surface area contributed by atoms with Crippen molar-refractivity contribution < 1.29 is 10.0 Å². The van der Waals surface area contributed by atoms with Crippen molar-refractivity contribution in [2.24, 2.45) is 0 Å². The van der Waals surface area contributed by atoms with Gasteiger partial charge in [0, 0.05) is 11.1 Å². The molecule has 0 radical (unpaired) electrons. The van der Waals surface area contributed by atoms with E-state index in [4.69, 9.17) is 15.0 Å². The van der Waals surface area contributed by atoms with E-state index in [0.29, 0.717) is 22.9 Å². The zero-order valence-corrected chi connectivity index (χ0v) is 18.2. The summed E-state index contributed by atoms with van der Waals surface area (Å²) < 4.78 is 0. The molecule has 0 spiro atoms. The summed E-state index contributed by atoms with van der Waals surface area (Å²) in [5, 5.41) is 19.5. The van der Waals surface area contributed by atoms with Gasteiger partial charge < -0.3 is 10.0 Å². The normalized spacial score (nSPS) is 13.9. The topological polar surface area (TPSA) is 79.1 Å². The number of aromatic nitrogens is 3. The van der Waals surface area contributed by atoms with Gasteiger partial charge in [0.05, 0.1) is 5.92 Å². The van der Waals surface area contributed by atoms with Gasteiger partial charge in [0.25, 0.3) is 0 Å². The van der Waals surface area contributed by atoms with Crippen LogP contribution in [-0.2, 0) is 0 Å². The molecule has 0 amide bonds. The first kappa shape index (κ1) is 20.5. The molecule has 1 aliphatic carbocycles. The maximum Gasteiger partial charge on any atom is 0.488 e. The Morgan fingerprint density at radius 3 is 1.74 bits per heavy atom. The second kappa shape index (κ2) is 8.34. The Hall–Kier alpha value is -4.13. The molecule has 6 heteroatoms. The van der Waals surface area contributed by atoms with Crippen LogP contribution in [0.15, 0.2) is 103 Å². The van der Waals surface area contributed by atoms with Crippen LogP contribution in [0.4, 0.5) is 0 Å². The lowest BCUT2D eigenvalue weighted by Gasteiger charge is -2.15. The highest BCUT2D eigenvalue weighted by Gasteiger charge is 2.33. The van der Waals surface area contributed by atoms with Crippen LogP contribution in [0.3, 0.4) is 0 Å². The molecule has 1 atom stereocenters. The van der Waals surface area contributed by atoms with Gasteiger partial charge in [0.15, 0.2) is 11.6 Å². The van der Waals surface area contributed by atoms with Crippen LogP contribution in [0.1, 0.15) is 22.9 Å². The van der Waals surface area contributed by atoms with Crippen LogP contribution < -0.4 is 5.46 Å². The van der Waals surface area contributed by atoms with Crippen molar-refractivity contribution in [1.29, 1.82) is 0 Å². The van der Waals surface area contributed by atoms with Gasteiger partial charge in [-0.25, -0.2) is 15.0 Å². The summed E-state index contributed by atoms with van der Waals surface area (Å²) >= 11 is 0. The van der Waals surface area contributed by atoms with E-state index in [1.165, 1.54) is 0 Å². The molecule has 1 heterocycles. The third-order valence-corrected chi connectivity index (χ3v) is 6.22. The summed E-state index contributed by atoms with van der Waals surface area (Å²) in [6, 6.07) is 33.5. The summed E-state index contributed by atoms with van der Waals surface area (Å²) in [5.74, 6) is 1.72. The summed E-state index contributed by atoms with van der Waals surface area (Å²) in [4.78, 5) is 14.7. The molecule has 6 rings (SSSR count). The minimum absolute atomic E-state index is 0.191. The van der Waals surface area contributed by atoms with Gasteiger partial charge in [-0.2, -0.15) is 0 Å². The van der Waals surface area contributed by atoms with Crippen molar-refractivity contribution in [1.82, 2.24) is 15.0 Å². The maximum atomic E-state index is 9.73. The Morgan fingerprint density at radius 1 is 0.559 bits per heavy atom. The largest absolute Gasteiger partial charge is 0.488 e. The first-order chi connectivity index (χ1) is 16.7. The summed E-state index contributed by atoms with van der Waals surface area (Å²) in [5.41, 5.74) is 6.45. The standard InChI is InChI=1S/C28H20BN3O2/c33-29(34)20-15-16-23-24(17-20)21-13-7-8-14-22(21)25(23)28-31-26(18-9-3-1-4-10-18)30-27(32-28)19-11-5-2-6-12-19/h1-17,25,33-34H. The molecule has 0 fully saturated rings. The van der Waals surface area contributed by atoms with E-state index in [9.17, 15) is 10.0 Å². The van der Waals surface area contributed by atoms with Crippen LogP contribution in [0.5, 0.6) is 0 Å². The summed E-state index contributed by atoms with van der Waals surface area (Å²) in [6.45, 7) is 0. The molecule has 0 bridgehead atoms. The van der Waals surface area contributed by atoms with E-state index in [-0.39, 0.29) is 5.92 Å². The Bertz CT molecular complexity index is 1430. The average Bonchev–Trinajstić information content (AvgIpc) is 3.23. The van der Waals surface area contributed by atoms with Crippen LogP contribution in [-0.4, -0.2) is 32.1 Å². The van der Waals surface area contributed by atoms with E-state index >= 15 is 0 Å². The summed E-state index contributed by atoms with van der Waals surface area (Å²) in [6.07, 6.45) is 0. The Balaban J connectivity index is 1.59. The van der Waals surface area contributed by atoms with Crippen molar-refractivity contribution in [3.63, 3.8) is 0 Å². The van der Waals surface area contributed by atoms with E-state index in [0.717, 1.165) is 33.4 Å². The fourth-order valence-corrected chi connectivity index (χ4v) is 4.61. The number of fused-ring (bicyclic) bond motifs is 3. The molecule has 162 valence electrons. The Kier molecular flexibility index (Phi) is 5.02. The van der Waals surface area contributed by atoms with Crippen molar-refractivity contribution in [3.8, 4) is 33.9 Å². The van der Waals surface area contributed by atoms with Crippen molar-refractivity contribution in [2.45, 2.75) is 5.92 Å². The van der Waals surface area contributed by atoms with Crippen LogP contribution in [0.25, 0.3) is 33.9 Å². The van der Waals surface area contributed by atoms with Crippen molar-refractivity contribution >= 4 is 12.6 Å². The van der Waals surface area contributed by atoms with Crippen molar-refractivity contribution in [2.75, 3.05) is 0 Å². The van der Waals surface area contributed by atoms with Gasteiger partial charge in [-0.15, -0.1) is 0 Å². The minimum atomic E-state index is -1.52. The average molecular weight is 441 g/mol. The highest BCUT2D eigenvalue weighted by molar-refractivity contribution is 6.58. The van der Waals surface area contributed by atoms with Gasteiger partial charge in [0.1, 0.15) is 5.82 Å². The van der Waals surface area contributed by atoms with Gasteiger partial charge in [-0.3, -0.25) is 0 Å². The van der Waals surface area contributed by atoms with E-state index in [2.05, 4.69) is 12.1 Å². The monoisotopic (exact) mass is 441 g/mol. The molecule has 4 aromatic carbocycles. The predicted octanol–water partition coefficient (Wildman–Crippen LogP) is 4.05. The molecule has 34 heavy (non-hydrogen) atoms. The number of hydrogen-bond donors (Lipinski definition) is 2. The van der Waals surface area contributed by atoms with Gasteiger partial charge in [0.2, 0.25) is 0 Å². The molecule has 5 aromatic rings. The molecule has 0 saturated carbocycles. The van der Waals surface area contributed by atoms with E-state index in [1.807, 2.05) is 84.9 Å². The highest BCUT2D eigenvalue weighted by atomic mass is 16.4. The number of hydrogen-bond acceptors (Lipinski definition) is 5. The van der Waals surface area contributed by atoms with Crippen molar-refractivity contribution in [3.05, 3.63) is 120 Å². The van der Waals surface area contributed by atoms with Gasteiger partial charge in [-0.05, 0) is 27.7 Å². The third-order valence-electron chi connectivity index (χ3n) is 6.22. The lowest BCUT2D eigenvalue weighted by Crippen LogP contribution is -2.29. The molecule has 1 aromatic heterocycles. The minimum Gasteiger partial charge on any atom is -0.423 e. The molecular formula is C28H20BN3O2. The molecular weight excluding hydrogens is 421 g/mol. The van der Waals surface area contributed by atoms with Gasteiger partial charge in [-0.1, -0.05) is 103 Å². The smallest absolute Gasteiger partial charge is 0.423 e. The van der Waals surface area contributed by atoms with E-state index in [1.54, 1.807) is 6.07 Å². The fourth-order valence-electron chi connectivity index (χ4n) is 4.61. The number of rotatable bonds is 4. The number of benzene rings is 4. The lowest BCUT2D eigenvalue weighted by atomic mass is 9.78. The summed E-state index contributed by atoms with van der Waals surface area (Å²) in [7, 11) is -1.52. The second-order valence-electron chi connectivity index (χ2n) is 8.31. The van der Waals surface area contributed by atoms with E-state index < -0.39 is 7.12 Å². The quantitative estimate of drug-likeness (QED) is 0.404. The first-order valence-corrected chi connectivity index (χ1v) is 11.1. The SMILES string of the molecule is OB(O)c1ccc2c(c1)-c1ccccc1C2c1nc(-c2ccccc2)nc(-c2ccccc2)n1. The third kappa shape index (κ3) is 3.50. The maximum absolute atomic E-state index is 9.73. The Morgan fingerprint density at radius 2 is 1.12 bits per heavy atom. The number of nitrogens with zero attached hydrogens (tertiary/aromatic N) is 3. The predicted molar refractivity (Wildman–Crippen MR) is 133 cm³/mol. The van der Waals surface area contributed by atoms with Crippen LogP contribution in [0.2, 0.25) is 0 Å². The first-order valence-electron chi connectivity index (χ1n) is 11.1. The zero-order valence-electron chi connectivity index (χ0n) is 18.2. The Labute approximate surface area is 197 Å². The molecule has 0 saturated heterocycles.